The molecular formula is C16H24F3NO. The van der Waals surface area contributed by atoms with Gasteiger partial charge in [0.1, 0.15) is 5.75 Å². The molecule has 1 atom stereocenters. The zero-order valence-electron chi connectivity index (χ0n) is 12.9. The fraction of sp³-hybridized carbons (Fsp3) is 0.625. The maximum atomic E-state index is 12.3. The van der Waals surface area contributed by atoms with Crippen molar-refractivity contribution < 1.29 is 17.9 Å². The molecule has 0 bridgehead atoms. The third-order valence-electron chi connectivity index (χ3n) is 3.42. The SMILES string of the molecule is CCCNC(CCCC(F)(F)F)c1ccc(OC)c(C)c1. The van der Waals surface area contributed by atoms with Crippen LogP contribution in [0.4, 0.5) is 13.2 Å². The van der Waals surface area contributed by atoms with Crippen LogP contribution in [0.15, 0.2) is 18.2 Å². The van der Waals surface area contributed by atoms with E-state index in [1.54, 1.807) is 7.11 Å². The second kappa shape index (κ2) is 8.27. The zero-order valence-corrected chi connectivity index (χ0v) is 12.9. The first-order chi connectivity index (χ1) is 9.87. The van der Waals surface area contributed by atoms with Crippen LogP contribution >= 0.6 is 0 Å². The number of benzene rings is 1. The highest BCUT2D eigenvalue weighted by Crippen LogP contribution is 2.28. The molecule has 1 unspecified atom stereocenters. The van der Waals surface area contributed by atoms with Crippen molar-refractivity contribution in [2.45, 2.75) is 51.7 Å². The van der Waals surface area contributed by atoms with Crippen molar-refractivity contribution in [3.63, 3.8) is 0 Å². The minimum absolute atomic E-state index is 0.0445. The van der Waals surface area contributed by atoms with Crippen LogP contribution in [0.1, 0.15) is 49.8 Å². The number of methoxy groups -OCH3 is 1. The lowest BCUT2D eigenvalue weighted by atomic mass is 9.98. The number of nitrogens with one attached hydrogen (secondary N) is 1. The number of halogens is 3. The van der Waals surface area contributed by atoms with Crippen LogP contribution in [-0.2, 0) is 0 Å². The van der Waals surface area contributed by atoms with E-state index in [1.807, 2.05) is 32.0 Å². The first-order valence-corrected chi connectivity index (χ1v) is 7.32. The van der Waals surface area contributed by atoms with Crippen molar-refractivity contribution in [3.8, 4) is 5.75 Å². The highest BCUT2D eigenvalue weighted by Gasteiger charge is 2.26. The van der Waals surface area contributed by atoms with Gasteiger partial charge in [0.05, 0.1) is 7.11 Å². The van der Waals surface area contributed by atoms with Crippen molar-refractivity contribution in [2.24, 2.45) is 0 Å². The number of hydrogen-bond donors (Lipinski definition) is 1. The average molecular weight is 303 g/mol. The molecule has 0 aliphatic carbocycles. The summed E-state index contributed by atoms with van der Waals surface area (Å²) in [5.74, 6) is 0.795. The van der Waals surface area contributed by atoms with E-state index in [0.29, 0.717) is 6.42 Å². The van der Waals surface area contributed by atoms with Crippen LogP contribution in [0.5, 0.6) is 5.75 Å². The molecule has 1 N–H and O–H groups in total. The van der Waals surface area contributed by atoms with Gasteiger partial charge in [-0.15, -0.1) is 0 Å². The molecule has 0 aliphatic rings. The summed E-state index contributed by atoms with van der Waals surface area (Å²) in [6.45, 7) is 4.77. The third-order valence-corrected chi connectivity index (χ3v) is 3.42. The molecule has 0 aromatic heterocycles. The molecule has 1 aromatic carbocycles. The molecule has 5 heteroatoms. The van der Waals surface area contributed by atoms with Crippen LogP contribution < -0.4 is 10.1 Å². The second-order valence-electron chi connectivity index (χ2n) is 5.24. The maximum absolute atomic E-state index is 12.3. The van der Waals surface area contributed by atoms with Gasteiger partial charge in [-0.2, -0.15) is 13.2 Å². The van der Waals surface area contributed by atoms with Crippen molar-refractivity contribution in [1.29, 1.82) is 0 Å². The summed E-state index contributed by atoms with van der Waals surface area (Å²) in [6, 6.07) is 5.73. The molecule has 2 nitrogen and oxygen atoms in total. The number of aryl methyl sites for hydroxylation is 1. The van der Waals surface area contributed by atoms with Gasteiger partial charge in [-0.1, -0.05) is 19.1 Å². The molecule has 0 amide bonds. The summed E-state index contributed by atoms with van der Waals surface area (Å²) in [4.78, 5) is 0. The van der Waals surface area contributed by atoms with Crippen molar-refractivity contribution in [2.75, 3.05) is 13.7 Å². The zero-order chi connectivity index (χ0) is 15.9. The molecule has 120 valence electrons. The largest absolute Gasteiger partial charge is 0.496 e. The normalized spacial score (nSPS) is 13.2. The van der Waals surface area contributed by atoms with Gasteiger partial charge in [0.15, 0.2) is 0 Å². The van der Waals surface area contributed by atoms with E-state index in [-0.39, 0.29) is 12.5 Å². The Hall–Kier alpha value is -1.23. The van der Waals surface area contributed by atoms with E-state index in [4.69, 9.17) is 4.74 Å². The fourth-order valence-electron chi connectivity index (χ4n) is 2.33. The standard InChI is InChI=1S/C16H24F3NO/c1-4-10-20-14(6-5-9-16(17,18)19)13-7-8-15(21-3)12(2)11-13/h7-8,11,14,20H,4-6,9-10H2,1-3H3. The summed E-state index contributed by atoms with van der Waals surface area (Å²) in [7, 11) is 1.61. The lowest BCUT2D eigenvalue weighted by molar-refractivity contribution is -0.135. The monoisotopic (exact) mass is 303 g/mol. The molecule has 0 saturated carbocycles. The average Bonchev–Trinajstić information content (AvgIpc) is 2.41. The lowest BCUT2D eigenvalue weighted by Gasteiger charge is -2.20. The number of alkyl halides is 3. The molecule has 0 spiro atoms. The van der Waals surface area contributed by atoms with Crippen molar-refractivity contribution in [1.82, 2.24) is 5.32 Å². The topological polar surface area (TPSA) is 21.3 Å². The van der Waals surface area contributed by atoms with E-state index in [1.165, 1.54) is 0 Å². The minimum Gasteiger partial charge on any atom is -0.496 e. The highest BCUT2D eigenvalue weighted by molar-refractivity contribution is 5.37. The molecule has 1 rings (SSSR count). The minimum atomic E-state index is -4.08. The Kier molecular flexibility index (Phi) is 7.02. The highest BCUT2D eigenvalue weighted by atomic mass is 19.4. The van der Waals surface area contributed by atoms with Crippen LogP contribution in [0.3, 0.4) is 0 Å². The predicted molar refractivity (Wildman–Crippen MR) is 78.7 cm³/mol. The van der Waals surface area contributed by atoms with Gasteiger partial charge in [-0.3, -0.25) is 0 Å². The summed E-state index contributed by atoms with van der Waals surface area (Å²) >= 11 is 0. The summed E-state index contributed by atoms with van der Waals surface area (Å²) in [6.07, 6.45) is -3.25. The molecule has 0 heterocycles. The fourth-order valence-corrected chi connectivity index (χ4v) is 2.33. The Morgan fingerprint density at radius 3 is 2.52 bits per heavy atom. The van der Waals surface area contributed by atoms with E-state index in [2.05, 4.69) is 5.32 Å². The predicted octanol–water partition coefficient (Wildman–Crippen LogP) is 4.78. The van der Waals surface area contributed by atoms with Gasteiger partial charge in [0.25, 0.3) is 0 Å². The Bertz CT molecular complexity index is 432. The van der Waals surface area contributed by atoms with Gasteiger partial charge in [0, 0.05) is 12.5 Å². The first-order valence-electron chi connectivity index (χ1n) is 7.32. The van der Waals surface area contributed by atoms with E-state index < -0.39 is 12.6 Å². The van der Waals surface area contributed by atoms with Gasteiger partial charge in [0.2, 0.25) is 0 Å². The number of rotatable bonds is 8. The van der Waals surface area contributed by atoms with E-state index >= 15 is 0 Å². The lowest BCUT2D eigenvalue weighted by Crippen LogP contribution is -2.23. The van der Waals surface area contributed by atoms with Gasteiger partial charge >= 0.3 is 6.18 Å². The summed E-state index contributed by atoms with van der Waals surface area (Å²) in [5.41, 5.74) is 2.01. The van der Waals surface area contributed by atoms with Gasteiger partial charge in [-0.25, -0.2) is 0 Å². The smallest absolute Gasteiger partial charge is 0.389 e. The molecule has 21 heavy (non-hydrogen) atoms. The Morgan fingerprint density at radius 1 is 1.29 bits per heavy atom. The second-order valence-corrected chi connectivity index (χ2v) is 5.24. The van der Waals surface area contributed by atoms with E-state index in [0.717, 1.165) is 29.8 Å². The molecule has 0 fully saturated rings. The van der Waals surface area contributed by atoms with Crippen LogP contribution in [-0.4, -0.2) is 19.8 Å². The molecule has 1 aromatic rings. The third kappa shape index (κ3) is 6.38. The first kappa shape index (κ1) is 17.8. The van der Waals surface area contributed by atoms with Crippen LogP contribution in [0.25, 0.3) is 0 Å². The van der Waals surface area contributed by atoms with Crippen molar-refractivity contribution in [3.05, 3.63) is 29.3 Å². The molecule has 0 aliphatic heterocycles. The quantitative estimate of drug-likeness (QED) is 0.746. The molecule has 0 saturated heterocycles. The van der Waals surface area contributed by atoms with Crippen LogP contribution in [0, 0.1) is 6.92 Å². The number of ether oxygens (including phenoxy) is 1. The summed E-state index contributed by atoms with van der Waals surface area (Å²) in [5, 5.41) is 3.33. The molecule has 0 radical (unpaired) electrons. The Labute approximate surface area is 124 Å². The maximum Gasteiger partial charge on any atom is 0.389 e. The van der Waals surface area contributed by atoms with E-state index in [9.17, 15) is 13.2 Å². The van der Waals surface area contributed by atoms with Crippen molar-refractivity contribution >= 4 is 0 Å². The Balaban J connectivity index is 2.74. The summed E-state index contributed by atoms with van der Waals surface area (Å²) < 4.78 is 42.1. The Morgan fingerprint density at radius 2 is 2.00 bits per heavy atom. The van der Waals surface area contributed by atoms with Gasteiger partial charge < -0.3 is 10.1 Å². The van der Waals surface area contributed by atoms with Gasteiger partial charge in [-0.05, 0) is 49.9 Å². The number of hydrogen-bond acceptors (Lipinski definition) is 2. The molecular weight excluding hydrogens is 279 g/mol. The van der Waals surface area contributed by atoms with Crippen LogP contribution in [0.2, 0.25) is 0 Å².